The second-order valence-electron chi connectivity index (χ2n) is 3.77. The third kappa shape index (κ3) is 2.28. The monoisotopic (exact) mass is 219 g/mol. The molecule has 0 aliphatic carbocycles. The summed E-state index contributed by atoms with van der Waals surface area (Å²) < 4.78 is 14.7. The zero-order chi connectivity index (χ0) is 11.5. The van der Waals surface area contributed by atoms with Crippen LogP contribution in [0.25, 0.3) is 0 Å². The van der Waals surface area contributed by atoms with Crippen molar-refractivity contribution in [1.29, 1.82) is 0 Å². The lowest BCUT2D eigenvalue weighted by Gasteiger charge is -2.01. The molecule has 0 spiro atoms. The van der Waals surface area contributed by atoms with Gasteiger partial charge in [0, 0.05) is 26.2 Å². The van der Waals surface area contributed by atoms with Crippen molar-refractivity contribution < 1.29 is 4.39 Å². The highest BCUT2D eigenvalue weighted by atomic mass is 19.1. The standard InChI is InChI=1S/C12H14FN3/c1-16-8-11(7-14)15-12(16)6-9-2-4-10(13)5-3-9/h2-5,8H,6-7,14H2,1H3. The predicted octanol–water partition coefficient (Wildman–Crippen LogP) is 1.61. The molecule has 2 aromatic rings. The molecular formula is C12H14FN3. The maximum absolute atomic E-state index is 12.7. The van der Waals surface area contributed by atoms with E-state index in [1.165, 1.54) is 12.1 Å². The molecule has 0 unspecified atom stereocenters. The number of nitrogens with zero attached hydrogens (tertiary/aromatic N) is 2. The van der Waals surface area contributed by atoms with Crippen LogP contribution in [0.3, 0.4) is 0 Å². The lowest BCUT2D eigenvalue weighted by molar-refractivity contribution is 0.627. The van der Waals surface area contributed by atoms with Crippen molar-refractivity contribution in [3.63, 3.8) is 0 Å². The van der Waals surface area contributed by atoms with Crippen LogP contribution in [0, 0.1) is 5.82 Å². The van der Waals surface area contributed by atoms with E-state index in [9.17, 15) is 4.39 Å². The summed E-state index contributed by atoms with van der Waals surface area (Å²) in [5.74, 6) is 0.721. The van der Waals surface area contributed by atoms with Gasteiger partial charge in [-0.2, -0.15) is 0 Å². The van der Waals surface area contributed by atoms with Crippen LogP contribution in [0.15, 0.2) is 30.5 Å². The first-order valence-corrected chi connectivity index (χ1v) is 5.14. The summed E-state index contributed by atoms with van der Waals surface area (Å²) in [7, 11) is 1.94. The van der Waals surface area contributed by atoms with E-state index >= 15 is 0 Å². The van der Waals surface area contributed by atoms with Gasteiger partial charge >= 0.3 is 0 Å². The Bertz CT molecular complexity index is 474. The SMILES string of the molecule is Cn1cc(CN)nc1Cc1ccc(F)cc1. The van der Waals surface area contributed by atoms with Crippen molar-refractivity contribution in [3.8, 4) is 0 Å². The molecule has 0 aliphatic rings. The molecule has 0 fully saturated rings. The van der Waals surface area contributed by atoms with Crippen molar-refractivity contribution in [2.75, 3.05) is 0 Å². The molecule has 84 valence electrons. The maximum Gasteiger partial charge on any atom is 0.123 e. The van der Waals surface area contributed by atoms with Crippen molar-refractivity contribution in [2.24, 2.45) is 12.8 Å². The number of hydrogen-bond donors (Lipinski definition) is 1. The van der Waals surface area contributed by atoms with E-state index < -0.39 is 0 Å². The molecule has 0 aliphatic heterocycles. The minimum Gasteiger partial charge on any atom is -0.337 e. The fraction of sp³-hybridized carbons (Fsp3) is 0.250. The number of imidazole rings is 1. The van der Waals surface area contributed by atoms with Crippen LogP contribution in [0.2, 0.25) is 0 Å². The first-order valence-electron chi connectivity index (χ1n) is 5.14. The Labute approximate surface area is 93.7 Å². The van der Waals surface area contributed by atoms with Crippen LogP contribution >= 0.6 is 0 Å². The number of hydrogen-bond acceptors (Lipinski definition) is 2. The molecule has 1 heterocycles. The summed E-state index contributed by atoms with van der Waals surface area (Å²) in [5.41, 5.74) is 7.43. The number of halogens is 1. The van der Waals surface area contributed by atoms with Gasteiger partial charge in [0.1, 0.15) is 11.6 Å². The number of aryl methyl sites for hydroxylation is 1. The molecule has 1 aromatic carbocycles. The Morgan fingerprint density at radius 3 is 2.56 bits per heavy atom. The second kappa shape index (κ2) is 4.45. The Hall–Kier alpha value is -1.68. The minimum absolute atomic E-state index is 0.216. The van der Waals surface area contributed by atoms with Gasteiger partial charge in [0.05, 0.1) is 5.69 Å². The van der Waals surface area contributed by atoms with E-state index in [0.717, 1.165) is 17.1 Å². The van der Waals surface area contributed by atoms with Gasteiger partial charge in [-0.25, -0.2) is 9.37 Å². The van der Waals surface area contributed by atoms with Gasteiger partial charge in [0.25, 0.3) is 0 Å². The molecule has 16 heavy (non-hydrogen) atoms. The van der Waals surface area contributed by atoms with E-state index in [1.54, 1.807) is 12.1 Å². The van der Waals surface area contributed by atoms with Crippen LogP contribution in [-0.2, 0) is 20.0 Å². The maximum atomic E-state index is 12.7. The molecule has 0 saturated heterocycles. The van der Waals surface area contributed by atoms with Crippen LogP contribution in [0.4, 0.5) is 4.39 Å². The summed E-state index contributed by atoms with van der Waals surface area (Å²) in [4.78, 5) is 4.39. The first-order chi connectivity index (χ1) is 7.69. The van der Waals surface area contributed by atoms with Gasteiger partial charge in [-0.05, 0) is 17.7 Å². The third-order valence-corrected chi connectivity index (χ3v) is 2.51. The van der Waals surface area contributed by atoms with Gasteiger partial charge in [-0.15, -0.1) is 0 Å². The smallest absolute Gasteiger partial charge is 0.123 e. The summed E-state index contributed by atoms with van der Waals surface area (Å²) in [6.07, 6.45) is 2.61. The van der Waals surface area contributed by atoms with Crippen LogP contribution < -0.4 is 5.73 Å². The van der Waals surface area contributed by atoms with E-state index in [-0.39, 0.29) is 5.82 Å². The van der Waals surface area contributed by atoms with Gasteiger partial charge < -0.3 is 10.3 Å². The molecule has 0 radical (unpaired) electrons. The minimum atomic E-state index is -0.216. The third-order valence-electron chi connectivity index (χ3n) is 2.51. The highest BCUT2D eigenvalue weighted by Gasteiger charge is 2.05. The fourth-order valence-electron chi connectivity index (χ4n) is 1.62. The van der Waals surface area contributed by atoms with Crippen LogP contribution in [0.5, 0.6) is 0 Å². The molecule has 2 rings (SSSR count). The Balaban J connectivity index is 2.19. The quantitative estimate of drug-likeness (QED) is 0.852. The normalized spacial score (nSPS) is 10.7. The van der Waals surface area contributed by atoms with Crippen molar-refractivity contribution in [1.82, 2.24) is 9.55 Å². The number of rotatable bonds is 3. The number of aromatic nitrogens is 2. The van der Waals surface area contributed by atoms with E-state index in [1.807, 2.05) is 17.8 Å². The zero-order valence-electron chi connectivity index (χ0n) is 9.15. The fourth-order valence-corrected chi connectivity index (χ4v) is 1.62. The molecular weight excluding hydrogens is 205 g/mol. The average Bonchev–Trinajstić information content (AvgIpc) is 2.63. The lowest BCUT2D eigenvalue weighted by atomic mass is 10.1. The second-order valence-corrected chi connectivity index (χ2v) is 3.77. The molecule has 2 N–H and O–H groups in total. The predicted molar refractivity (Wildman–Crippen MR) is 60.3 cm³/mol. The van der Waals surface area contributed by atoms with Crippen molar-refractivity contribution in [2.45, 2.75) is 13.0 Å². The Morgan fingerprint density at radius 2 is 2.00 bits per heavy atom. The summed E-state index contributed by atoms with van der Waals surface area (Å²) in [5, 5.41) is 0. The zero-order valence-corrected chi connectivity index (χ0v) is 9.15. The Morgan fingerprint density at radius 1 is 1.31 bits per heavy atom. The van der Waals surface area contributed by atoms with Gasteiger partial charge in [0.15, 0.2) is 0 Å². The van der Waals surface area contributed by atoms with E-state index in [0.29, 0.717) is 13.0 Å². The lowest BCUT2D eigenvalue weighted by Crippen LogP contribution is -1.99. The van der Waals surface area contributed by atoms with Crippen molar-refractivity contribution >= 4 is 0 Å². The Kier molecular flexibility index (Phi) is 3.01. The van der Waals surface area contributed by atoms with E-state index in [2.05, 4.69) is 4.98 Å². The number of benzene rings is 1. The van der Waals surface area contributed by atoms with Crippen molar-refractivity contribution in [3.05, 3.63) is 53.4 Å². The van der Waals surface area contributed by atoms with Gasteiger partial charge in [-0.3, -0.25) is 0 Å². The highest BCUT2D eigenvalue weighted by molar-refractivity contribution is 5.21. The summed E-state index contributed by atoms with van der Waals surface area (Å²) >= 11 is 0. The molecule has 3 nitrogen and oxygen atoms in total. The topological polar surface area (TPSA) is 43.8 Å². The molecule has 0 atom stereocenters. The molecule has 0 saturated carbocycles. The highest BCUT2D eigenvalue weighted by Crippen LogP contribution is 2.10. The largest absolute Gasteiger partial charge is 0.337 e. The number of nitrogens with two attached hydrogens (primary N) is 1. The summed E-state index contributed by atoms with van der Waals surface area (Å²) in [6.45, 7) is 0.442. The first kappa shape index (κ1) is 10.8. The van der Waals surface area contributed by atoms with Gasteiger partial charge in [-0.1, -0.05) is 12.1 Å². The molecule has 1 aromatic heterocycles. The van der Waals surface area contributed by atoms with E-state index in [4.69, 9.17) is 5.73 Å². The average molecular weight is 219 g/mol. The van der Waals surface area contributed by atoms with Crippen LogP contribution in [0.1, 0.15) is 17.1 Å². The molecule has 4 heteroatoms. The van der Waals surface area contributed by atoms with Gasteiger partial charge in [0.2, 0.25) is 0 Å². The van der Waals surface area contributed by atoms with Crippen LogP contribution in [-0.4, -0.2) is 9.55 Å². The molecule has 0 amide bonds. The molecule has 0 bridgehead atoms. The summed E-state index contributed by atoms with van der Waals surface area (Å²) in [6, 6.07) is 6.46.